The monoisotopic (exact) mass is 410 g/mol. The molecule has 2 saturated carbocycles. The van der Waals surface area contributed by atoms with Crippen LogP contribution in [-0.2, 0) is 4.74 Å². The predicted molar refractivity (Wildman–Crippen MR) is 127 cm³/mol. The van der Waals surface area contributed by atoms with Crippen LogP contribution in [0.15, 0.2) is 65.8 Å². The quantitative estimate of drug-likeness (QED) is 0.467. The van der Waals surface area contributed by atoms with Gasteiger partial charge in [-0.25, -0.2) is 0 Å². The highest BCUT2D eigenvalue weighted by Gasteiger charge is 2.66. The highest BCUT2D eigenvalue weighted by molar-refractivity contribution is 5.83. The lowest BCUT2D eigenvalue weighted by molar-refractivity contribution is -0.138. The van der Waals surface area contributed by atoms with Gasteiger partial charge in [-0.2, -0.15) is 0 Å². The summed E-state index contributed by atoms with van der Waals surface area (Å²) in [5.41, 5.74) is 5.06. The van der Waals surface area contributed by atoms with Crippen LogP contribution in [0.4, 0.5) is 0 Å². The van der Waals surface area contributed by atoms with Crippen molar-refractivity contribution in [3.63, 3.8) is 0 Å². The number of ether oxygens (including phenoxy) is 1. The first-order valence-electron chi connectivity index (χ1n) is 12.6. The van der Waals surface area contributed by atoms with Crippen molar-refractivity contribution in [2.24, 2.45) is 17.3 Å². The molecule has 31 heavy (non-hydrogen) atoms. The van der Waals surface area contributed by atoms with E-state index in [1.165, 1.54) is 62.1 Å². The summed E-state index contributed by atoms with van der Waals surface area (Å²) in [6, 6.07) is 16.0. The van der Waals surface area contributed by atoms with Crippen molar-refractivity contribution >= 4 is 10.8 Å². The van der Waals surface area contributed by atoms with E-state index in [4.69, 9.17) is 4.74 Å². The largest absolute Gasteiger partial charge is 0.359 e. The minimum Gasteiger partial charge on any atom is -0.359 e. The van der Waals surface area contributed by atoms with Crippen LogP contribution in [0.3, 0.4) is 0 Å². The third-order valence-electron chi connectivity index (χ3n) is 10.1. The van der Waals surface area contributed by atoms with E-state index < -0.39 is 0 Å². The average Bonchev–Trinajstić information content (AvgIpc) is 3.28. The first-order valence-corrected chi connectivity index (χ1v) is 12.6. The molecule has 1 heteroatoms. The molecule has 160 valence electrons. The van der Waals surface area contributed by atoms with Crippen molar-refractivity contribution in [2.45, 2.75) is 82.3 Å². The van der Waals surface area contributed by atoms with E-state index in [0.29, 0.717) is 17.3 Å². The molecule has 2 aromatic carbocycles. The highest BCUT2D eigenvalue weighted by atomic mass is 16.5. The minimum absolute atomic E-state index is 0.0147. The molecule has 1 nitrogen and oxygen atoms in total. The van der Waals surface area contributed by atoms with E-state index in [0.717, 1.165) is 5.92 Å². The fraction of sp³-hybridized carbons (Fsp3) is 0.533. The Hall–Kier alpha value is -1.86. The number of fused-ring (bicyclic) bond motifs is 2. The summed E-state index contributed by atoms with van der Waals surface area (Å²) < 4.78 is 7.35. The maximum Gasteiger partial charge on any atom is 0.0974 e. The fourth-order valence-corrected chi connectivity index (χ4v) is 8.62. The van der Waals surface area contributed by atoms with Crippen LogP contribution in [0.25, 0.3) is 10.8 Å². The zero-order valence-corrected chi connectivity index (χ0v) is 19.0. The predicted octanol–water partition coefficient (Wildman–Crippen LogP) is 7.72. The van der Waals surface area contributed by atoms with E-state index in [9.17, 15) is 0 Å². The number of hydrogen-bond acceptors (Lipinski definition) is 1. The SMILES string of the molecule is CC1CCC2=CC3=CC[C@]4(C)[C@@H](c5ccc6ccccc6c5)CC[C@H]4C34CC[C@]2(C1)O4. The van der Waals surface area contributed by atoms with Crippen molar-refractivity contribution in [3.8, 4) is 0 Å². The van der Waals surface area contributed by atoms with Crippen LogP contribution in [0.5, 0.6) is 0 Å². The van der Waals surface area contributed by atoms with Gasteiger partial charge in [0.25, 0.3) is 0 Å². The fourth-order valence-electron chi connectivity index (χ4n) is 8.62. The van der Waals surface area contributed by atoms with Gasteiger partial charge in [-0.3, -0.25) is 0 Å². The first-order chi connectivity index (χ1) is 15.0. The molecule has 1 saturated heterocycles. The van der Waals surface area contributed by atoms with Crippen LogP contribution >= 0.6 is 0 Å². The standard InChI is InChI=1S/C30H34O/c1-20-7-10-24-18-25-13-14-28(2)26(23-9-8-21-5-3-4-6-22(21)17-23)11-12-27(28)30(25)16-15-29(24,19-20)31-30/h3-6,8-9,13,17-18,20,26-27H,7,10-12,14-16,19H2,1-2H3/t20?,26-,27-,28-,29-,30?/m1/s1. The van der Waals surface area contributed by atoms with E-state index >= 15 is 0 Å². The molecule has 6 atom stereocenters. The summed E-state index contributed by atoms with van der Waals surface area (Å²) in [5.74, 6) is 2.07. The van der Waals surface area contributed by atoms with Gasteiger partial charge in [0.05, 0.1) is 11.2 Å². The first kappa shape index (κ1) is 18.7. The number of rotatable bonds is 1. The second kappa shape index (κ2) is 6.13. The number of hydrogen-bond donors (Lipinski definition) is 0. The molecular weight excluding hydrogens is 376 g/mol. The lowest BCUT2D eigenvalue weighted by atomic mass is 9.58. The maximum atomic E-state index is 7.35. The van der Waals surface area contributed by atoms with Crippen molar-refractivity contribution in [3.05, 3.63) is 71.3 Å². The number of allylic oxidation sites excluding steroid dienone is 1. The number of benzene rings is 2. The molecule has 0 N–H and O–H groups in total. The molecule has 0 aromatic heterocycles. The summed E-state index contributed by atoms with van der Waals surface area (Å²) >= 11 is 0. The van der Waals surface area contributed by atoms with Crippen LogP contribution in [-0.4, -0.2) is 11.2 Å². The van der Waals surface area contributed by atoms with Crippen LogP contribution in [0.1, 0.15) is 76.7 Å². The van der Waals surface area contributed by atoms with Gasteiger partial charge in [0.2, 0.25) is 0 Å². The molecule has 3 fully saturated rings. The van der Waals surface area contributed by atoms with E-state index in [1.807, 2.05) is 0 Å². The molecule has 3 aliphatic carbocycles. The summed E-state index contributed by atoms with van der Waals surface area (Å²) in [4.78, 5) is 0. The Morgan fingerprint density at radius 3 is 2.74 bits per heavy atom. The van der Waals surface area contributed by atoms with Gasteiger partial charge in [0.15, 0.2) is 0 Å². The molecule has 2 aromatic rings. The van der Waals surface area contributed by atoms with E-state index in [1.54, 1.807) is 16.7 Å². The van der Waals surface area contributed by atoms with Gasteiger partial charge in [0, 0.05) is 0 Å². The van der Waals surface area contributed by atoms with Gasteiger partial charge in [0.1, 0.15) is 0 Å². The lowest BCUT2D eigenvalue weighted by Gasteiger charge is -2.54. The Morgan fingerprint density at radius 2 is 1.84 bits per heavy atom. The third kappa shape index (κ3) is 2.37. The minimum atomic E-state index is -0.0147. The average molecular weight is 411 g/mol. The molecule has 2 heterocycles. The molecule has 2 unspecified atom stereocenters. The summed E-state index contributed by atoms with van der Waals surface area (Å²) in [6.07, 6.45) is 15.3. The maximum absolute atomic E-state index is 7.35. The van der Waals surface area contributed by atoms with Crippen molar-refractivity contribution in [1.29, 1.82) is 0 Å². The molecule has 2 spiro atoms. The van der Waals surface area contributed by atoms with E-state index in [2.05, 4.69) is 68.5 Å². The second-order valence-corrected chi connectivity index (χ2v) is 11.7. The summed E-state index contributed by atoms with van der Waals surface area (Å²) in [6.45, 7) is 5.02. The van der Waals surface area contributed by atoms with Gasteiger partial charge in [-0.05, 0) is 102 Å². The Labute approximate surface area is 186 Å². The van der Waals surface area contributed by atoms with Gasteiger partial charge >= 0.3 is 0 Å². The molecule has 0 radical (unpaired) electrons. The van der Waals surface area contributed by atoms with Crippen molar-refractivity contribution in [1.82, 2.24) is 0 Å². The molecule has 0 amide bonds. The van der Waals surface area contributed by atoms with Crippen LogP contribution in [0, 0.1) is 17.3 Å². The smallest absolute Gasteiger partial charge is 0.0974 e. The summed E-state index contributed by atoms with van der Waals surface area (Å²) in [5, 5.41) is 2.74. The topological polar surface area (TPSA) is 9.23 Å². The zero-order chi connectivity index (χ0) is 20.8. The molecule has 2 aliphatic heterocycles. The Balaban J connectivity index is 1.31. The zero-order valence-electron chi connectivity index (χ0n) is 19.0. The Morgan fingerprint density at radius 1 is 0.968 bits per heavy atom. The van der Waals surface area contributed by atoms with Gasteiger partial charge in [-0.1, -0.05) is 68.5 Å². The molecule has 7 rings (SSSR count). The molecule has 2 bridgehead atoms. The van der Waals surface area contributed by atoms with Crippen molar-refractivity contribution in [2.75, 3.05) is 0 Å². The molecular formula is C30H34O. The highest BCUT2D eigenvalue weighted by Crippen LogP contribution is 2.69. The van der Waals surface area contributed by atoms with Gasteiger partial charge < -0.3 is 4.74 Å². The van der Waals surface area contributed by atoms with E-state index in [-0.39, 0.29) is 11.2 Å². The third-order valence-corrected chi connectivity index (χ3v) is 10.1. The Kier molecular flexibility index (Phi) is 3.70. The van der Waals surface area contributed by atoms with Crippen LogP contribution in [0.2, 0.25) is 0 Å². The second-order valence-electron chi connectivity index (χ2n) is 11.7. The molecule has 5 aliphatic rings. The Bertz CT molecular complexity index is 1140. The van der Waals surface area contributed by atoms with Crippen molar-refractivity contribution < 1.29 is 4.74 Å². The van der Waals surface area contributed by atoms with Crippen LogP contribution < -0.4 is 0 Å². The normalized spacial score (nSPS) is 43.1. The van der Waals surface area contributed by atoms with Gasteiger partial charge in [-0.15, -0.1) is 0 Å². The summed E-state index contributed by atoms with van der Waals surface area (Å²) in [7, 11) is 0. The lowest BCUT2D eigenvalue weighted by Crippen LogP contribution is -2.53.